The summed E-state index contributed by atoms with van der Waals surface area (Å²) >= 11 is 1.27. The van der Waals surface area contributed by atoms with Gasteiger partial charge in [0.25, 0.3) is 0 Å². The second-order valence-electron chi connectivity index (χ2n) is 3.19. The summed E-state index contributed by atoms with van der Waals surface area (Å²) in [7, 11) is 0. The summed E-state index contributed by atoms with van der Waals surface area (Å²) in [6, 6.07) is 0.203. The number of carbonyl (C=O) groups excluding carboxylic acids is 1. The van der Waals surface area contributed by atoms with E-state index in [-0.39, 0.29) is 11.9 Å². The fourth-order valence-electron chi connectivity index (χ4n) is 0.884. The third-order valence-electron chi connectivity index (χ3n) is 1.89. The molecule has 3 N–H and O–H groups in total. The fourth-order valence-corrected chi connectivity index (χ4v) is 1.53. The number of rotatable bonds is 5. The first kappa shape index (κ1) is 11.8. The minimum absolute atomic E-state index is 0.0163. The van der Waals surface area contributed by atoms with Gasteiger partial charge in [-0.2, -0.15) is 0 Å². The van der Waals surface area contributed by atoms with Crippen LogP contribution in [0.1, 0.15) is 20.3 Å². The molecule has 0 aromatic carbocycles. The van der Waals surface area contributed by atoms with Gasteiger partial charge in [-0.3, -0.25) is 4.79 Å². The van der Waals surface area contributed by atoms with E-state index in [2.05, 4.69) is 15.5 Å². The topological polar surface area (TPSA) is 85.8 Å². The number of nitrogens with zero attached hydrogens (tertiary/aromatic N) is 3. The van der Waals surface area contributed by atoms with E-state index in [1.54, 1.807) is 0 Å². The van der Waals surface area contributed by atoms with Crippen molar-refractivity contribution in [1.82, 2.24) is 20.2 Å². The first-order valence-corrected chi connectivity index (χ1v) is 5.69. The van der Waals surface area contributed by atoms with Gasteiger partial charge in [0, 0.05) is 6.04 Å². The van der Waals surface area contributed by atoms with E-state index in [1.807, 2.05) is 13.8 Å². The van der Waals surface area contributed by atoms with Gasteiger partial charge in [0.2, 0.25) is 11.1 Å². The minimum atomic E-state index is -0.0163. The Morgan fingerprint density at radius 1 is 1.80 bits per heavy atom. The zero-order valence-corrected chi connectivity index (χ0v) is 9.62. The van der Waals surface area contributed by atoms with Crippen LogP contribution in [0.5, 0.6) is 0 Å². The predicted molar refractivity (Wildman–Crippen MR) is 58.8 cm³/mol. The van der Waals surface area contributed by atoms with Crippen molar-refractivity contribution in [3.05, 3.63) is 6.33 Å². The average molecular weight is 229 g/mol. The Bertz CT molecular complexity index is 327. The molecule has 6 nitrogen and oxygen atoms in total. The van der Waals surface area contributed by atoms with Gasteiger partial charge in [-0.15, -0.1) is 10.2 Å². The Morgan fingerprint density at radius 2 is 2.53 bits per heavy atom. The SMILES string of the molecule is CCC(C)NC(=O)CSc1nncn1N. The third-order valence-corrected chi connectivity index (χ3v) is 2.85. The van der Waals surface area contributed by atoms with E-state index in [0.717, 1.165) is 6.42 Å². The van der Waals surface area contributed by atoms with Crippen molar-refractivity contribution >= 4 is 17.7 Å². The Kier molecular flexibility index (Phi) is 4.41. The van der Waals surface area contributed by atoms with Crippen LogP contribution in [0.4, 0.5) is 0 Å². The molecule has 0 aliphatic carbocycles. The van der Waals surface area contributed by atoms with Crippen molar-refractivity contribution in [1.29, 1.82) is 0 Å². The van der Waals surface area contributed by atoms with Crippen molar-refractivity contribution < 1.29 is 4.79 Å². The zero-order chi connectivity index (χ0) is 11.3. The molecule has 0 saturated carbocycles. The van der Waals surface area contributed by atoms with Gasteiger partial charge < -0.3 is 11.2 Å². The Morgan fingerprint density at radius 3 is 3.07 bits per heavy atom. The minimum Gasteiger partial charge on any atom is -0.353 e. The van der Waals surface area contributed by atoms with Crippen molar-refractivity contribution in [2.24, 2.45) is 0 Å². The summed E-state index contributed by atoms with van der Waals surface area (Å²) in [5.41, 5.74) is 0. The number of hydrogen-bond acceptors (Lipinski definition) is 5. The molecule has 0 spiro atoms. The second-order valence-corrected chi connectivity index (χ2v) is 4.13. The number of amides is 1. The molecule has 1 heterocycles. The molecule has 1 rings (SSSR count). The molecule has 0 bridgehead atoms. The molecule has 0 radical (unpaired) electrons. The highest BCUT2D eigenvalue weighted by atomic mass is 32.2. The Balaban J connectivity index is 2.31. The summed E-state index contributed by atoms with van der Waals surface area (Å²) in [4.78, 5) is 11.4. The second kappa shape index (κ2) is 5.59. The predicted octanol–water partition coefficient (Wildman–Crippen LogP) is -0.00130. The quantitative estimate of drug-likeness (QED) is 0.548. The molecule has 1 atom stereocenters. The van der Waals surface area contributed by atoms with Crippen molar-refractivity contribution in [2.75, 3.05) is 11.6 Å². The van der Waals surface area contributed by atoms with E-state index in [9.17, 15) is 4.79 Å². The van der Waals surface area contributed by atoms with Crippen LogP contribution in [-0.4, -0.2) is 32.6 Å². The van der Waals surface area contributed by atoms with Gasteiger partial charge >= 0.3 is 0 Å². The van der Waals surface area contributed by atoms with Gasteiger partial charge in [0.15, 0.2) is 0 Å². The summed E-state index contributed by atoms with van der Waals surface area (Å²) in [5.74, 6) is 5.78. The lowest BCUT2D eigenvalue weighted by Gasteiger charge is -2.10. The highest BCUT2D eigenvalue weighted by Crippen LogP contribution is 2.11. The van der Waals surface area contributed by atoms with E-state index >= 15 is 0 Å². The first-order valence-electron chi connectivity index (χ1n) is 4.70. The molecule has 0 saturated heterocycles. The average Bonchev–Trinajstić information content (AvgIpc) is 2.61. The summed E-state index contributed by atoms with van der Waals surface area (Å²) in [6.07, 6.45) is 2.32. The highest BCUT2D eigenvalue weighted by molar-refractivity contribution is 7.99. The van der Waals surface area contributed by atoms with Crippen LogP contribution < -0.4 is 11.2 Å². The lowest BCUT2D eigenvalue weighted by atomic mass is 10.3. The number of nitrogen functional groups attached to an aromatic ring is 1. The first-order chi connectivity index (χ1) is 7.13. The normalized spacial score (nSPS) is 12.4. The monoisotopic (exact) mass is 229 g/mol. The number of aromatic nitrogens is 3. The Hall–Kier alpha value is -1.24. The fraction of sp³-hybridized carbons (Fsp3) is 0.625. The molecule has 0 aliphatic heterocycles. The molecule has 1 aromatic heterocycles. The van der Waals surface area contributed by atoms with Gasteiger partial charge in [-0.05, 0) is 13.3 Å². The maximum absolute atomic E-state index is 11.4. The van der Waals surface area contributed by atoms with Gasteiger partial charge in [0.1, 0.15) is 6.33 Å². The summed E-state index contributed by atoms with van der Waals surface area (Å²) in [6.45, 7) is 3.99. The standard InChI is InChI=1S/C8H15N5OS/c1-3-6(2)11-7(14)4-15-8-12-10-5-13(8)9/h5-6H,3-4,9H2,1-2H3,(H,11,14). The van der Waals surface area contributed by atoms with Crippen LogP contribution in [-0.2, 0) is 4.79 Å². The number of hydrogen-bond donors (Lipinski definition) is 2. The molecular formula is C8H15N5OS. The van der Waals surface area contributed by atoms with Crippen molar-refractivity contribution in [2.45, 2.75) is 31.5 Å². The largest absolute Gasteiger partial charge is 0.353 e. The van der Waals surface area contributed by atoms with Crippen molar-refractivity contribution in [3.8, 4) is 0 Å². The molecule has 1 unspecified atom stereocenters. The molecular weight excluding hydrogens is 214 g/mol. The van der Waals surface area contributed by atoms with E-state index in [1.165, 1.54) is 22.8 Å². The van der Waals surface area contributed by atoms with Gasteiger partial charge in [0.05, 0.1) is 5.75 Å². The molecule has 84 valence electrons. The van der Waals surface area contributed by atoms with Crippen LogP contribution in [0.2, 0.25) is 0 Å². The van der Waals surface area contributed by atoms with Crippen LogP contribution in [0.15, 0.2) is 11.5 Å². The van der Waals surface area contributed by atoms with E-state index in [4.69, 9.17) is 5.84 Å². The lowest BCUT2D eigenvalue weighted by Crippen LogP contribution is -2.33. The van der Waals surface area contributed by atoms with Crippen molar-refractivity contribution in [3.63, 3.8) is 0 Å². The summed E-state index contributed by atoms with van der Waals surface area (Å²) in [5, 5.41) is 10.8. The van der Waals surface area contributed by atoms with Crippen LogP contribution in [0, 0.1) is 0 Å². The third kappa shape index (κ3) is 3.78. The number of thioether (sulfide) groups is 1. The molecule has 15 heavy (non-hydrogen) atoms. The maximum atomic E-state index is 11.4. The van der Waals surface area contributed by atoms with E-state index < -0.39 is 0 Å². The molecule has 0 aliphatic rings. The molecule has 1 aromatic rings. The molecule has 7 heteroatoms. The Labute approximate surface area is 92.6 Å². The van der Waals surface area contributed by atoms with Crippen LogP contribution >= 0.6 is 11.8 Å². The maximum Gasteiger partial charge on any atom is 0.230 e. The molecule has 1 amide bonds. The number of nitrogens with two attached hydrogens (primary N) is 1. The zero-order valence-electron chi connectivity index (χ0n) is 8.80. The highest BCUT2D eigenvalue weighted by Gasteiger charge is 2.08. The molecule has 0 fully saturated rings. The van der Waals surface area contributed by atoms with Gasteiger partial charge in [-0.25, -0.2) is 4.68 Å². The number of nitrogens with one attached hydrogen (secondary N) is 1. The van der Waals surface area contributed by atoms with Crippen LogP contribution in [0.3, 0.4) is 0 Å². The summed E-state index contributed by atoms with van der Waals surface area (Å²) < 4.78 is 1.29. The van der Waals surface area contributed by atoms with E-state index in [0.29, 0.717) is 10.9 Å². The van der Waals surface area contributed by atoms with Gasteiger partial charge in [-0.1, -0.05) is 18.7 Å². The smallest absolute Gasteiger partial charge is 0.230 e. The lowest BCUT2D eigenvalue weighted by molar-refractivity contribution is -0.119. The number of carbonyl (C=O) groups is 1. The van der Waals surface area contributed by atoms with Crippen LogP contribution in [0.25, 0.3) is 0 Å².